The van der Waals surface area contributed by atoms with E-state index < -0.39 is 0 Å². The highest BCUT2D eigenvalue weighted by Gasteiger charge is 2.42. The van der Waals surface area contributed by atoms with Gasteiger partial charge in [0.1, 0.15) is 5.84 Å². The number of amidine groups is 1. The van der Waals surface area contributed by atoms with Gasteiger partial charge in [0.2, 0.25) is 0 Å². The fraction of sp³-hybridized carbons (Fsp3) is 0.500. The number of nitrogens with one attached hydrogen (secondary N) is 1. The molecule has 1 fully saturated rings. The number of aliphatic hydroxyl groups excluding tert-OH is 1. The molecule has 0 spiro atoms. The summed E-state index contributed by atoms with van der Waals surface area (Å²) < 4.78 is 0. The number of aliphatic hydroxyl groups is 1. The summed E-state index contributed by atoms with van der Waals surface area (Å²) in [6.45, 7) is -0.0414. The Labute approximate surface area is 82.8 Å². The molecule has 4 heteroatoms. The van der Waals surface area contributed by atoms with E-state index in [-0.39, 0.29) is 18.5 Å². The summed E-state index contributed by atoms with van der Waals surface area (Å²) in [5.74, 6) is 1.06. The molecule has 0 heterocycles. The maximum Gasteiger partial charge on any atom is 0.122 e. The van der Waals surface area contributed by atoms with Crippen molar-refractivity contribution in [1.82, 2.24) is 0 Å². The number of hydrogen-bond acceptors (Lipinski definition) is 3. The molecule has 0 saturated heterocycles. The minimum absolute atomic E-state index is 0.0414. The highest BCUT2D eigenvalue weighted by Crippen LogP contribution is 2.49. The van der Waals surface area contributed by atoms with Crippen LogP contribution < -0.4 is 11.5 Å². The monoisotopic (exact) mass is 193 g/mol. The Kier molecular flexibility index (Phi) is 2.17. The molecular weight excluding hydrogens is 178 g/mol. The van der Waals surface area contributed by atoms with Gasteiger partial charge in [0, 0.05) is 11.6 Å². The van der Waals surface area contributed by atoms with Crippen LogP contribution in [-0.2, 0) is 0 Å². The first kappa shape index (κ1) is 9.43. The first-order valence-corrected chi connectivity index (χ1v) is 4.77. The quantitative estimate of drug-likeness (QED) is 0.367. The number of rotatable bonds is 3. The minimum Gasteiger partial charge on any atom is -0.394 e. The van der Waals surface area contributed by atoms with Gasteiger partial charge in [0.25, 0.3) is 0 Å². The van der Waals surface area contributed by atoms with E-state index in [1.165, 1.54) is 0 Å². The fourth-order valence-electron chi connectivity index (χ4n) is 2.00. The number of fused-ring (bicyclic) bond motifs is 1. The molecular formula is C10H15N3O. The number of hydrogen-bond donors (Lipinski definition) is 4. The zero-order valence-corrected chi connectivity index (χ0v) is 7.90. The van der Waals surface area contributed by atoms with Crippen molar-refractivity contribution >= 4 is 5.84 Å². The first-order chi connectivity index (χ1) is 6.63. The van der Waals surface area contributed by atoms with Gasteiger partial charge in [-0.05, 0) is 23.8 Å². The van der Waals surface area contributed by atoms with Gasteiger partial charge in [-0.1, -0.05) is 12.2 Å². The van der Waals surface area contributed by atoms with Crippen LogP contribution in [0, 0.1) is 17.2 Å². The maximum atomic E-state index is 8.98. The minimum atomic E-state index is -0.298. The molecule has 0 bridgehead atoms. The Bertz CT molecular complexity index is 332. The Morgan fingerprint density at radius 3 is 3.00 bits per heavy atom. The van der Waals surface area contributed by atoms with Gasteiger partial charge in [-0.25, -0.2) is 0 Å². The van der Waals surface area contributed by atoms with E-state index >= 15 is 0 Å². The van der Waals surface area contributed by atoms with Crippen LogP contribution in [-0.4, -0.2) is 23.6 Å². The first-order valence-electron chi connectivity index (χ1n) is 4.77. The third kappa shape index (κ3) is 1.47. The molecule has 14 heavy (non-hydrogen) atoms. The van der Waals surface area contributed by atoms with Gasteiger partial charge >= 0.3 is 0 Å². The predicted molar refractivity (Wildman–Crippen MR) is 54.7 cm³/mol. The Balaban J connectivity index is 2.25. The van der Waals surface area contributed by atoms with Crippen LogP contribution in [0.3, 0.4) is 0 Å². The van der Waals surface area contributed by atoms with Crippen LogP contribution >= 0.6 is 0 Å². The summed E-state index contributed by atoms with van der Waals surface area (Å²) in [5.41, 5.74) is 13.0. The molecule has 0 aromatic heterocycles. The summed E-state index contributed by atoms with van der Waals surface area (Å²) in [4.78, 5) is 0. The highest BCUT2D eigenvalue weighted by atomic mass is 16.3. The molecule has 0 aromatic rings. The van der Waals surface area contributed by atoms with Gasteiger partial charge < -0.3 is 16.6 Å². The zero-order valence-electron chi connectivity index (χ0n) is 7.90. The van der Waals surface area contributed by atoms with Crippen LogP contribution in [0.4, 0.5) is 0 Å². The van der Waals surface area contributed by atoms with Crippen LogP contribution in [0.2, 0.25) is 0 Å². The Morgan fingerprint density at radius 2 is 2.43 bits per heavy atom. The standard InChI is InChI=1S/C10H15N3O/c11-9(4-14)8-3-6(10(12)13)1-5-2-7(5)8/h1,3,5,7,9,14H,2,4,11H2,(H3,12,13)/t5?,7?,9-/m1/s1. The third-order valence-electron chi connectivity index (χ3n) is 2.92. The molecule has 1 saturated carbocycles. The summed E-state index contributed by atoms with van der Waals surface area (Å²) in [5, 5.41) is 16.3. The third-order valence-corrected chi connectivity index (χ3v) is 2.92. The molecule has 0 amide bonds. The van der Waals surface area contributed by atoms with E-state index in [4.69, 9.17) is 22.0 Å². The van der Waals surface area contributed by atoms with Gasteiger partial charge in [-0.3, -0.25) is 5.41 Å². The van der Waals surface area contributed by atoms with E-state index in [0.29, 0.717) is 11.8 Å². The molecule has 2 unspecified atom stereocenters. The van der Waals surface area contributed by atoms with Crippen molar-refractivity contribution in [2.24, 2.45) is 23.3 Å². The summed E-state index contributed by atoms with van der Waals surface area (Å²) in [6, 6.07) is -0.298. The molecule has 3 atom stereocenters. The van der Waals surface area contributed by atoms with Crippen LogP contribution in [0.1, 0.15) is 6.42 Å². The average Bonchev–Trinajstić information content (AvgIpc) is 2.93. The van der Waals surface area contributed by atoms with E-state index in [9.17, 15) is 0 Å². The lowest BCUT2D eigenvalue weighted by Gasteiger charge is -2.17. The maximum absolute atomic E-state index is 8.98. The van der Waals surface area contributed by atoms with Crippen molar-refractivity contribution in [3.63, 3.8) is 0 Å². The molecule has 0 radical (unpaired) electrons. The van der Waals surface area contributed by atoms with Gasteiger partial charge in [0.15, 0.2) is 0 Å². The van der Waals surface area contributed by atoms with E-state index in [2.05, 4.69) is 0 Å². The van der Waals surface area contributed by atoms with E-state index in [1.54, 1.807) is 0 Å². The predicted octanol–water partition coefficient (Wildman–Crippen LogP) is -0.256. The number of nitrogens with two attached hydrogens (primary N) is 2. The molecule has 6 N–H and O–H groups in total. The Hall–Kier alpha value is -1.13. The molecule has 2 aliphatic carbocycles. The van der Waals surface area contributed by atoms with Crippen molar-refractivity contribution in [2.75, 3.05) is 6.61 Å². The van der Waals surface area contributed by atoms with Crippen molar-refractivity contribution < 1.29 is 5.11 Å². The highest BCUT2D eigenvalue weighted by molar-refractivity contribution is 5.97. The second-order valence-corrected chi connectivity index (χ2v) is 3.98. The molecule has 0 aromatic carbocycles. The molecule has 4 nitrogen and oxygen atoms in total. The zero-order chi connectivity index (χ0) is 10.3. The van der Waals surface area contributed by atoms with Crippen molar-refractivity contribution in [3.8, 4) is 0 Å². The normalized spacial score (nSPS) is 31.3. The van der Waals surface area contributed by atoms with Crippen LogP contribution in [0.5, 0.6) is 0 Å². The lowest BCUT2D eigenvalue weighted by molar-refractivity contribution is 0.276. The smallest absolute Gasteiger partial charge is 0.122 e. The molecule has 2 rings (SSSR count). The second-order valence-electron chi connectivity index (χ2n) is 3.98. The van der Waals surface area contributed by atoms with Crippen molar-refractivity contribution in [2.45, 2.75) is 12.5 Å². The van der Waals surface area contributed by atoms with Crippen molar-refractivity contribution in [1.29, 1.82) is 5.41 Å². The molecule has 0 aliphatic heterocycles. The molecule has 76 valence electrons. The van der Waals surface area contributed by atoms with Crippen LogP contribution in [0.25, 0.3) is 0 Å². The molecule has 2 aliphatic rings. The topological polar surface area (TPSA) is 96.1 Å². The van der Waals surface area contributed by atoms with E-state index in [0.717, 1.165) is 17.6 Å². The average molecular weight is 193 g/mol. The van der Waals surface area contributed by atoms with Crippen molar-refractivity contribution in [3.05, 3.63) is 23.3 Å². The van der Waals surface area contributed by atoms with E-state index in [1.807, 2.05) is 12.2 Å². The van der Waals surface area contributed by atoms with Gasteiger partial charge in [0.05, 0.1) is 6.61 Å². The van der Waals surface area contributed by atoms with Crippen LogP contribution in [0.15, 0.2) is 23.3 Å². The van der Waals surface area contributed by atoms with Gasteiger partial charge in [-0.15, -0.1) is 0 Å². The largest absolute Gasteiger partial charge is 0.394 e. The summed E-state index contributed by atoms with van der Waals surface area (Å²) in [6.07, 6.45) is 4.97. The SMILES string of the molecule is N=C(N)C1=CC2CC2C([C@H](N)CO)=C1. The number of allylic oxidation sites excluding steroid dienone is 1. The second kappa shape index (κ2) is 3.22. The Morgan fingerprint density at radius 1 is 1.71 bits per heavy atom. The lowest BCUT2D eigenvalue weighted by Crippen LogP contribution is -2.29. The fourth-order valence-corrected chi connectivity index (χ4v) is 2.00. The summed E-state index contributed by atoms with van der Waals surface area (Å²) in [7, 11) is 0. The van der Waals surface area contributed by atoms with Gasteiger partial charge in [-0.2, -0.15) is 0 Å². The summed E-state index contributed by atoms with van der Waals surface area (Å²) >= 11 is 0. The lowest BCUT2D eigenvalue weighted by atomic mass is 9.94.